The zero-order valence-electron chi connectivity index (χ0n) is 14.3. The number of hydrogen-bond donors (Lipinski definition) is 0. The molecule has 1 spiro atoms. The molecule has 4 rings (SSSR count). The van der Waals surface area contributed by atoms with E-state index in [0.29, 0.717) is 12.2 Å². The quantitative estimate of drug-likeness (QED) is 0.740. The largest absolute Gasteiger partial charge is 0.457 e. The van der Waals surface area contributed by atoms with Crippen molar-refractivity contribution in [3.8, 4) is 0 Å². The Hall–Kier alpha value is -2.24. The minimum atomic E-state index is -0.449. The molecule has 1 aromatic rings. The lowest BCUT2D eigenvalue weighted by molar-refractivity contribution is -0.0453. The lowest BCUT2D eigenvalue weighted by Crippen LogP contribution is -2.73. The molecule has 0 aromatic heterocycles. The number of fused-ring (bicyclic) bond motifs is 1. The fourth-order valence-electron chi connectivity index (χ4n) is 3.68. The number of carbonyl (C=O) groups is 2. The van der Waals surface area contributed by atoms with Crippen LogP contribution in [0.15, 0.2) is 18.2 Å². The maximum atomic E-state index is 12.0. The maximum absolute atomic E-state index is 12.0. The summed E-state index contributed by atoms with van der Waals surface area (Å²) < 4.78 is 10.5. The van der Waals surface area contributed by atoms with Gasteiger partial charge in [-0.3, -0.25) is 0 Å². The molecule has 6 nitrogen and oxygen atoms in total. The Labute approximate surface area is 141 Å². The molecule has 0 aliphatic carbocycles. The topological polar surface area (TPSA) is 59.1 Å². The van der Waals surface area contributed by atoms with Gasteiger partial charge in [0.15, 0.2) is 0 Å². The van der Waals surface area contributed by atoms with Gasteiger partial charge in [0.25, 0.3) is 0 Å². The van der Waals surface area contributed by atoms with Gasteiger partial charge >= 0.3 is 12.1 Å². The summed E-state index contributed by atoms with van der Waals surface area (Å²) in [4.78, 5) is 27.6. The van der Waals surface area contributed by atoms with Crippen LogP contribution in [0, 0.1) is 5.41 Å². The molecule has 0 radical (unpaired) electrons. The van der Waals surface area contributed by atoms with E-state index in [1.807, 2.05) is 39.0 Å². The van der Waals surface area contributed by atoms with Gasteiger partial charge in [0.2, 0.25) is 0 Å². The van der Waals surface area contributed by atoms with E-state index >= 15 is 0 Å². The monoisotopic (exact) mass is 330 g/mol. The number of likely N-dealkylation sites (tertiary alicyclic amines) is 1. The summed E-state index contributed by atoms with van der Waals surface area (Å²) in [7, 11) is 0. The first-order valence-electron chi connectivity index (χ1n) is 8.28. The normalized spacial score (nSPS) is 21.0. The molecule has 1 amide bonds. The number of cyclic esters (lactones) is 1. The van der Waals surface area contributed by atoms with Crippen LogP contribution in [0.25, 0.3) is 0 Å². The van der Waals surface area contributed by atoms with Gasteiger partial charge < -0.3 is 19.3 Å². The van der Waals surface area contributed by atoms with E-state index in [4.69, 9.17) is 9.47 Å². The highest BCUT2D eigenvalue weighted by Crippen LogP contribution is 2.43. The maximum Gasteiger partial charge on any atom is 0.410 e. The second-order valence-electron chi connectivity index (χ2n) is 8.11. The standard InChI is InChI=1S/C18H22N2O4/c1-17(2,3)24-16(22)20-10-18(11-20)8-19(9-18)13-4-5-14-12(6-13)7-23-15(14)21/h4-6H,7-11H2,1-3H3. The van der Waals surface area contributed by atoms with Gasteiger partial charge in [-0.25, -0.2) is 9.59 Å². The minimum Gasteiger partial charge on any atom is -0.457 e. The Morgan fingerprint density at radius 2 is 1.92 bits per heavy atom. The highest BCUT2D eigenvalue weighted by molar-refractivity contribution is 5.94. The molecule has 0 bridgehead atoms. The van der Waals surface area contributed by atoms with Crippen molar-refractivity contribution >= 4 is 17.7 Å². The third-order valence-electron chi connectivity index (χ3n) is 4.79. The third-order valence-corrected chi connectivity index (χ3v) is 4.79. The smallest absolute Gasteiger partial charge is 0.410 e. The summed E-state index contributed by atoms with van der Waals surface area (Å²) in [6, 6.07) is 5.86. The Morgan fingerprint density at radius 3 is 2.58 bits per heavy atom. The Bertz CT molecular complexity index is 708. The number of benzene rings is 1. The second-order valence-corrected chi connectivity index (χ2v) is 8.11. The van der Waals surface area contributed by atoms with Gasteiger partial charge in [0.1, 0.15) is 12.2 Å². The molecule has 0 N–H and O–H groups in total. The molecule has 3 aliphatic heterocycles. The number of esters is 1. The number of nitrogens with zero attached hydrogens (tertiary/aromatic N) is 2. The average molecular weight is 330 g/mol. The minimum absolute atomic E-state index is 0.197. The number of hydrogen-bond acceptors (Lipinski definition) is 5. The molecule has 128 valence electrons. The van der Waals surface area contributed by atoms with Crippen molar-refractivity contribution in [2.45, 2.75) is 33.0 Å². The number of rotatable bonds is 1. The van der Waals surface area contributed by atoms with Gasteiger partial charge in [-0.2, -0.15) is 0 Å². The third kappa shape index (κ3) is 2.50. The molecule has 6 heteroatoms. The number of ether oxygens (including phenoxy) is 2. The Balaban J connectivity index is 1.33. The SMILES string of the molecule is CC(C)(C)OC(=O)N1CC2(C1)CN(c1ccc3c(c1)COC3=O)C2. The van der Waals surface area contributed by atoms with Crippen LogP contribution in [0.2, 0.25) is 0 Å². The second kappa shape index (κ2) is 4.88. The first kappa shape index (κ1) is 15.3. The molecule has 2 fully saturated rings. The number of carbonyl (C=O) groups excluding carboxylic acids is 2. The van der Waals surface area contributed by atoms with Crippen LogP contribution in [-0.2, 0) is 16.1 Å². The van der Waals surface area contributed by atoms with Crippen molar-refractivity contribution in [2.75, 3.05) is 31.1 Å². The summed E-state index contributed by atoms with van der Waals surface area (Å²) in [5.41, 5.74) is 2.50. The predicted octanol–water partition coefficient (Wildman–Crippen LogP) is 2.41. The zero-order valence-corrected chi connectivity index (χ0v) is 14.3. The summed E-state index contributed by atoms with van der Waals surface area (Å²) >= 11 is 0. The Morgan fingerprint density at radius 1 is 1.21 bits per heavy atom. The van der Waals surface area contributed by atoms with Crippen molar-refractivity contribution in [3.63, 3.8) is 0 Å². The molecule has 0 unspecified atom stereocenters. The summed E-state index contributed by atoms with van der Waals surface area (Å²) in [6.45, 7) is 9.39. The first-order valence-corrected chi connectivity index (χ1v) is 8.28. The lowest BCUT2D eigenvalue weighted by atomic mass is 9.73. The molecule has 0 atom stereocenters. The number of amides is 1. The van der Waals surface area contributed by atoms with Crippen molar-refractivity contribution in [3.05, 3.63) is 29.3 Å². The molecule has 24 heavy (non-hydrogen) atoms. The van der Waals surface area contributed by atoms with E-state index in [2.05, 4.69) is 4.90 Å². The van der Waals surface area contributed by atoms with Crippen LogP contribution in [0.5, 0.6) is 0 Å². The van der Waals surface area contributed by atoms with Crippen LogP contribution in [-0.4, -0.2) is 48.7 Å². The van der Waals surface area contributed by atoms with E-state index in [-0.39, 0.29) is 17.5 Å². The molecule has 3 aliphatic rings. The fourth-order valence-corrected chi connectivity index (χ4v) is 3.68. The summed E-state index contributed by atoms with van der Waals surface area (Å²) in [6.07, 6.45) is -0.222. The van der Waals surface area contributed by atoms with Crippen molar-refractivity contribution < 1.29 is 19.1 Å². The zero-order chi connectivity index (χ0) is 17.1. The van der Waals surface area contributed by atoms with Crippen molar-refractivity contribution in [1.82, 2.24) is 4.90 Å². The van der Waals surface area contributed by atoms with E-state index in [1.165, 1.54) is 0 Å². The van der Waals surface area contributed by atoms with E-state index in [9.17, 15) is 9.59 Å². The molecular formula is C18H22N2O4. The van der Waals surface area contributed by atoms with Crippen LogP contribution in [0.1, 0.15) is 36.7 Å². The van der Waals surface area contributed by atoms with Gasteiger partial charge in [0.05, 0.1) is 5.56 Å². The Kier molecular flexibility index (Phi) is 3.11. The van der Waals surface area contributed by atoms with Crippen LogP contribution < -0.4 is 4.90 Å². The molecule has 2 saturated heterocycles. The number of anilines is 1. The fraction of sp³-hybridized carbons (Fsp3) is 0.556. The first-order chi connectivity index (χ1) is 11.2. The molecule has 1 aromatic carbocycles. The van der Waals surface area contributed by atoms with Gasteiger partial charge in [-0.05, 0) is 39.0 Å². The highest BCUT2D eigenvalue weighted by Gasteiger charge is 2.54. The molecule has 3 heterocycles. The van der Waals surface area contributed by atoms with Gasteiger partial charge in [0, 0.05) is 42.8 Å². The van der Waals surface area contributed by atoms with Gasteiger partial charge in [-0.1, -0.05) is 0 Å². The van der Waals surface area contributed by atoms with Crippen LogP contribution in [0.3, 0.4) is 0 Å². The van der Waals surface area contributed by atoms with Gasteiger partial charge in [-0.15, -0.1) is 0 Å². The molecule has 0 saturated carbocycles. The predicted molar refractivity (Wildman–Crippen MR) is 88.0 cm³/mol. The van der Waals surface area contributed by atoms with E-state index < -0.39 is 5.60 Å². The van der Waals surface area contributed by atoms with Crippen molar-refractivity contribution in [2.24, 2.45) is 5.41 Å². The van der Waals surface area contributed by atoms with E-state index in [0.717, 1.165) is 37.4 Å². The van der Waals surface area contributed by atoms with Crippen LogP contribution >= 0.6 is 0 Å². The summed E-state index contributed by atoms with van der Waals surface area (Å²) in [5, 5.41) is 0. The lowest BCUT2D eigenvalue weighted by Gasteiger charge is -2.60. The highest BCUT2D eigenvalue weighted by atomic mass is 16.6. The van der Waals surface area contributed by atoms with E-state index in [1.54, 1.807) is 4.90 Å². The molecular weight excluding hydrogens is 308 g/mol. The average Bonchev–Trinajstić information content (AvgIpc) is 2.75. The van der Waals surface area contributed by atoms with Crippen LogP contribution in [0.4, 0.5) is 10.5 Å². The summed E-state index contributed by atoms with van der Waals surface area (Å²) in [5.74, 6) is -0.233. The van der Waals surface area contributed by atoms with Crippen molar-refractivity contribution in [1.29, 1.82) is 0 Å².